The molecule has 0 fully saturated rings. The monoisotopic (exact) mass is 594 g/mol. The molecule has 12 heteroatoms. The zero-order valence-electron chi connectivity index (χ0n) is 18.3. The molecule has 0 aliphatic rings. The van der Waals surface area contributed by atoms with E-state index in [1.54, 1.807) is 12.1 Å². The first-order chi connectivity index (χ1) is 16.2. The molecule has 178 valence electrons. The van der Waals surface area contributed by atoms with Crippen LogP contribution in [0, 0.1) is 10.1 Å². The smallest absolute Gasteiger partial charge is 0.343 e. The number of nitrogens with zero attached hydrogens (tertiary/aromatic N) is 4. The predicted molar refractivity (Wildman–Crippen MR) is 134 cm³/mol. The molecule has 0 amide bonds. The molecule has 0 aliphatic heterocycles. The summed E-state index contributed by atoms with van der Waals surface area (Å²) in [6, 6.07) is 8.02. The summed E-state index contributed by atoms with van der Waals surface area (Å²) in [6.45, 7) is 1.54. The molecule has 0 spiro atoms. The average molecular weight is 596 g/mol. The molecule has 2 aromatic carbocycles. The van der Waals surface area contributed by atoms with Crippen LogP contribution in [0.3, 0.4) is 0 Å². The molecule has 10 nitrogen and oxygen atoms in total. The van der Waals surface area contributed by atoms with Crippen molar-refractivity contribution >= 4 is 60.6 Å². The van der Waals surface area contributed by atoms with E-state index >= 15 is 0 Å². The summed E-state index contributed by atoms with van der Waals surface area (Å²) in [5.74, 6) is -0.309. The van der Waals surface area contributed by atoms with E-state index in [0.29, 0.717) is 28.7 Å². The summed E-state index contributed by atoms with van der Waals surface area (Å²) in [4.78, 5) is 40.1. The fraction of sp³-hybridized carbons (Fsp3) is 0.273. The summed E-state index contributed by atoms with van der Waals surface area (Å²) in [7, 11) is 1.19. The number of methoxy groups -OCH3 is 1. The van der Waals surface area contributed by atoms with Crippen LogP contribution in [0.2, 0.25) is 0 Å². The van der Waals surface area contributed by atoms with Crippen LogP contribution in [0.4, 0.5) is 5.69 Å². The minimum absolute atomic E-state index is 0.120. The first-order valence-electron chi connectivity index (χ1n) is 10.2. The first kappa shape index (κ1) is 25.5. The number of unbranched alkanes of at least 4 members (excludes halogenated alkanes) is 1. The molecule has 0 N–H and O–H groups in total. The van der Waals surface area contributed by atoms with Crippen molar-refractivity contribution < 1.29 is 19.2 Å². The Labute approximate surface area is 211 Å². The number of hydrogen-bond donors (Lipinski definition) is 0. The number of benzene rings is 2. The Bertz CT molecular complexity index is 1340. The largest absolute Gasteiger partial charge is 0.474 e. The summed E-state index contributed by atoms with van der Waals surface area (Å²) < 4.78 is 12.0. The molecule has 0 saturated carbocycles. The molecular formula is C22H20Br2N4O6. The number of fused-ring (bicyclic) bond motifs is 1. The number of nitro benzene ring substituents is 1. The second-order valence-corrected chi connectivity index (χ2v) is 8.90. The fourth-order valence-corrected chi connectivity index (χ4v) is 4.02. The van der Waals surface area contributed by atoms with Gasteiger partial charge in [-0.15, -0.1) is 0 Å². The van der Waals surface area contributed by atoms with Gasteiger partial charge in [-0.2, -0.15) is 9.78 Å². The average Bonchev–Trinajstić information content (AvgIpc) is 2.81. The van der Waals surface area contributed by atoms with Crippen LogP contribution >= 0.6 is 31.9 Å². The highest BCUT2D eigenvalue weighted by Crippen LogP contribution is 2.36. The predicted octanol–water partition coefficient (Wildman–Crippen LogP) is 4.61. The van der Waals surface area contributed by atoms with Crippen LogP contribution < -0.4 is 10.3 Å². The standard InChI is InChI=1S/C22H20Br2N4O6/c1-3-4-5-19-26-17-7-6-14(23)10-15(17)22(30)27(19)25-11-13-8-16(24)21(18(9-13)28(31)32)34-12-20(29)33-2/h6-11H,3-5,12H2,1-2H3. The van der Waals surface area contributed by atoms with Gasteiger partial charge in [0.05, 0.1) is 33.6 Å². The normalized spacial score (nSPS) is 11.2. The summed E-state index contributed by atoms with van der Waals surface area (Å²) in [5, 5.41) is 16.3. The van der Waals surface area contributed by atoms with Gasteiger partial charge < -0.3 is 9.47 Å². The topological polar surface area (TPSA) is 126 Å². The number of rotatable bonds is 9. The molecule has 0 unspecified atom stereocenters. The van der Waals surface area contributed by atoms with Crippen molar-refractivity contribution in [1.29, 1.82) is 0 Å². The lowest BCUT2D eigenvalue weighted by atomic mass is 10.2. The molecule has 3 aromatic rings. The lowest BCUT2D eigenvalue weighted by molar-refractivity contribution is -0.385. The maximum atomic E-state index is 13.2. The third-order valence-corrected chi connectivity index (χ3v) is 5.84. The van der Waals surface area contributed by atoms with Crippen molar-refractivity contribution in [2.45, 2.75) is 26.2 Å². The fourth-order valence-electron chi connectivity index (χ4n) is 3.08. The van der Waals surface area contributed by atoms with E-state index < -0.39 is 17.5 Å². The zero-order chi connectivity index (χ0) is 24.8. The van der Waals surface area contributed by atoms with E-state index in [-0.39, 0.29) is 21.5 Å². The van der Waals surface area contributed by atoms with Crippen LogP contribution in [-0.2, 0) is 16.0 Å². The molecule has 0 saturated heterocycles. The lowest BCUT2D eigenvalue weighted by Crippen LogP contribution is -2.22. The van der Waals surface area contributed by atoms with Crippen LogP contribution in [0.25, 0.3) is 10.9 Å². The van der Waals surface area contributed by atoms with Crippen LogP contribution in [-0.4, -0.2) is 40.5 Å². The van der Waals surface area contributed by atoms with Crippen LogP contribution in [0.5, 0.6) is 5.75 Å². The van der Waals surface area contributed by atoms with E-state index in [1.165, 1.54) is 30.1 Å². The molecule has 3 rings (SSSR count). The van der Waals surface area contributed by atoms with Crippen molar-refractivity contribution in [3.8, 4) is 5.75 Å². The van der Waals surface area contributed by atoms with Crippen molar-refractivity contribution in [1.82, 2.24) is 9.66 Å². The minimum atomic E-state index is -0.679. The number of aromatic nitrogens is 2. The number of nitro groups is 1. The number of halogens is 2. The molecule has 0 bridgehead atoms. The van der Waals surface area contributed by atoms with Crippen molar-refractivity contribution in [2.24, 2.45) is 5.10 Å². The van der Waals surface area contributed by atoms with Gasteiger partial charge >= 0.3 is 11.7 Å². The Morgan fingerprint density at radius 1 is 1.29 bits per heavy atom. The molecule has 0 atom stereocenters. The number of hydrogen-bond acceptors (Lipinski definition) is 8. The Hall–Kier alpha value is -3.12. The molecule has 0 radical (unpaired) electrons. The van der Waals surface area contributed by atoms with Gasteiger partial charge in [-0.3, -0.25) is 14.9 Å². The van der Waals surface area contributed by atoms with Gasteiger partial charge in [0.15, 0.2) is 6.61 Å². The third kappa shape index (κ3) is 5.86. The second kappa shape index (κ2) is 11.3. The number of ether oxygens (including phenoxy) is 2. The molecule has 1 heterocycles. The van der Waals surface area contributed by atoms with Crippen molar-refractivity contribution in [2.75, 3.05) is 13.7 Å². The highest BCUT2D eigenvalue weighted by Gasteiger charge is 2.21. The summed E-state index contributed by atoms with van der Waals surface area (Å²) >= 11 is 6.60. The molecule has 1 aromatic heterocycles. The quantitative estimate of drug-likeness (QED) is 0.153. The number of carbonyl (C=O) groups is 1. The van der Waals surface area contributed by atoms with E-state index in [9.17, 15) is 19.7 Å². The van der Waals surface area contributed by atoms with Gasteiger partial charge in [0.1, 0.15) is 5.82 Å². The van der Waals surface area contributed by atoms with Crippen molar-refractivity contribution in [3.63, 3.8) is 0 Å². The summed E-state index contributed by atoms with van der Waals surface area (Å²) in [6.07, 6.45) is 3.60. The molecular weight excluding hydrogens is 576 g/mol. The zero-order valence-corrected chi connectivity index (χ0v) is 21.5. The Balaban J connectivity index is 2.06. The van der Waals surface area contributed by atoms with E-state index in [0.717, 1.165) is 17.3 Å². The van der Waals surface area contributed by atoms with Crippen molar-refractivity contribution in [3.05, 3.63) is 71.1 Å². The second-order valence-electron chi connectivity index (χ2n) is 7.13. The van der Waals surface area contributed by atoms with Gasteiger partial charge in [-0.1, -0.05) is 29.3 Å². The first-order valence-corrected chi connectivity index (χ1v) is 11.8. The Morgan fingerprint density at radius 2 is 2.06 bits per heavy atom. The molecule has 34 heavy (non-hydrogen) atoms. The van der Waals surface area contributed by atoms with Crippen LogP contribution in [0.1, 0.15) is 31.2 Å². The van der Waals surface area contributed by atoms with Gasteiger partial charge in [-0.05, 0) is 46.6 Å². The van der Waals surface area contributed by atoms with Gasteiger partial charge in [0.25, 0.3) is 5.56 Å². The third-order valence-electron chi connectivity index (χ3n) is 4.76. The summed E-state index contributed by atoms with van der Waals surface area (Å²) in [5.41, 5.74) is 0.182. The SMILES string of the molecule is CCCCc1nc2ccc(Br)cc2c(=O)n1N=Cc1cc(Br)c(OCC(=O)OC)c([N+](=O)[O-])c1. The molecule has 0 aliphatic carbocycles. The Morgan fingerprint density at radius 3 is 2.74 bits per heavy atom. The van der Waals surface area contributed by atoms with Gasteiger partial charge in [-0.25, -0.2) is 9.78 Å². The van der Waals surface area contributed by atoms with E-state index in [2.05, 4.69) is 46.7 Å². The maximum Gasteiger partial charge on any atom is 0.343 e. The maximum absolute atomic E-state index is 13.2. The lowest BCUT2D eigenvalue weighted by Gasteiger charge is -2.10. The van der Waals surface area contributed by atoms with E-state index in [1.807, 2.05) is 13.0 Å². The van der Waals surface area contributed by atoms with Gasteiger partial charge in [0.2, 0.25) is 5.75 Å². The highest BCUT2D eigenvalue weighted by molar-refractivity contribution is 9.10. The number of carbonyl (C=O) groups excluding carboxylic acids is 1. The van der Waals surface area contributed by atoms with E-state index in [4.69, 9.17) is 4.74 Å². The minimum Gasteiger partial charge on any atom is -0.474 e. The van der Waals surface area contributed by atoms with Gasteiger partial charge in [0, 0.05) is 22.5 Å². The number of aryl methyl sites for hydroxylation is 1. The van der Waals surface area contributed by atoms with Crippen LogP contribution in [0.15, 0.2) is 49.2 Å². The highest BCUT2D eigenvalue weighted by atomic mass is 79.9. The number of esters is 1. The Kier molecular flexibility index (Phi) is 8.51.